The number of nitrogens with zero attached hydrogens (tertiary/aromatic N) is 2. The Bertz CT molecular complexity index is 841. The molecule has 0 saturated carbocycles. The monoisotopic (exact) mass is 393 g/mol. The number of halogens is 2. The van der Waals surface area contributed by atoms with Crippen LogP contribution < -0.4 is 10.1 Å². The Morgan fingerprint density at radius 1 is 1.28 bits per heavy atom. The predicted molar refractivity (Wildman–Crippen MR) is 107 cm³/mol. The van der Waals surface area contributed by atoms with Gasteiger partial charge in [-0.2, -0.15) is 5.10 Å². The summed E-state index contributed by atoms with van der Waals surface area (Å²) in [7, 11) is 3.44. The quantitative estimate of drug-likeness (QED) is 0.769. The van der Waals surface area contributed by atoms with E-state index in [4.69, 9.17) is 45.3 Å². The molecule has 2 aromatic carbocycles. The Morgan fingerprint density at radius 3 is 2.76 bits per heavy atom. The fourth-order valence-electron chi connectivity index (χ4n) is 2.81. The van der Waals surface area contributed by atoms with Gasteiger partial charge in [-0.3, -0.25) is 0 Å². The first kappa shape index (κ1) is 18.0. The SMILES string of the molecule is CNC(=S)N1N=C(c2ccc(Cl)cc2Cl)C[C@H]1c1cccc(OC)c1. The van der Waals surface area contributed by atoms with Crippen LogP contribution in [0, 0.1) is 0 Å². The van der Waals surface area contributed by atoms with Crippen LogP contribution in [0.3, 0.4) is 0 Å². The summed E-state index contributed by atoms with van der Waals surface area (Å²) >= 11 is 17.8. The molecule has 130 valence electrons. The van der Waals surface area contributed by atoms with Crippen molar-refractivity contribution in [3.8, 4) is 5.75 Å². The number of thiocarbonyl (C=S) groups is 1. The molecule has 0 amide bonds. The van der Waals surface area contributed by atoms with Gasteiger partial charge in [0.1, 0.15) is 5.75 Å². The topological polar surface area (TPSA) is 36.9 Å². The van der Waals surface area contributed by atoms with Gasteiger partial charge in [-0.1, -0.05) is 41.4 Å². The van der Waals surface area contributed by atoms with Crippen LogP contribution in [0.2, 0.25) is 10.0 Å². The fraction of sp³-hybridized carbons (Fsp3) is 0.222. The van der Waals surface area contributed by atoms with E-state index in [1.54, 1.807) is 20.2 Å². The molecule has 1 atom stereocenters. The van der Waals surface area contributed by atoms with Gasteiger partial charge in [-0.25, -0.2) is 5.01 Å². The van der Waals surface area contributed by atoms with Crippen LogP contribution in [0.15, 0.2) is 47.6 Å². The second-order valence-corrected chi connectivity index (χ2v) is 6.80. The molecule has 25 heavy (non-hydrogen) atoms. The smallest absolute Gasteiger partial charge is 0.189 e. The van der Waals surface area contributed by atoms with E-state index in [-0.39, 0.29) is 6.04 Å². The lowest BCUT2D eigenvalue weighted by molar-refractivity contribution is 0.363. The van der Waals surface area contributed by atoms with Gasteiger partial charge < -0.3 is 10.1 Å². The summed E-state index contributed by atoms with van der Waals surface area (Å²) in [5.74, 6) is 0.797. The lowest BCUT2D eigenvalue weighted by atomic mass is 9.98. The molecule has 0 fully saturated rings. The number of hydrazone groups is 1. The van der Waals surface area contributed by atoms with Crippen LogP contribution in [0.5, 0.6) is 5.75 Å². The predicted octanol–water partition coefficient (Wildman–Crippen LogP) is 4.66. The van der Waals surface area contributed by atoms with Crippen LogP contribution >= 0.6 is 35.4 Å². The molecule has 0 saturated heterocycles. The van der Waals surface area contributed by atoms with E-state index in [9.17, 15) is 0 Å². The molecule has 0 spiro atoms. The van der Waals surface area contributed by atoms with Gasteiger partial charge in [0.15, 0.2) is 5.11 Å². The van der Waals surface area contributed by atoms with Crippen molar-refractivity contribution in [2.45, 2.75) is 12.5 Å². The van der Waals surface area contributed by atoms with Gasteiger partial charge in [0, 0.05) is 24.1 Å². The molecule has 4 nitrogen and oxygen atoms in total. The lowest BCUT2D eigenvalue weighted by Crippen LogP contribution is -2.34. The standard InChI is InChI=1S/C18H17Cl2N3OS/c1-21-18(25)23-17(11-4-3-5-13(8-11)24-2)10-16(22-23)14-7-6-12(19)9-15(14)20/h3-9,17H,10H2,1-2H3,(H,21,25)/t17-/m0/s1. The zero-order valence-electron chi connectivity index (χ0n) is 13.8. The van der Waals surface area contributed by atoms with Gasteiger partial charge in [-0.15, -0.1) is 0 Å². The van der Waals surface area contributed by atoms with Crippen molar-refractivity contribution >= 4 is 46.2 Å². The number of hydrogen-bond acceptors (Lipinski definition) is 3. The third-order valence-electron chi connectivity index (χ3n) is 4.05. The number of nitrogens with one attached hydrogen (secondary N) is 1. The largest absolute Gasteiger partial charge is 0.497 e. The minimum Gasteiger partial charge on any atom is -0.497 e. The molecule has 1 heterocycles. The zero-order valence-corrected chi connectivity index (χ0v) is 16.1. The normalized spacial score (nSPS) is 16.6. The third-order valence-corrected chi connectivity index (χ3v) is 4.99. The molecule has 3 rings (SSSR count). The van der Waals surface area contributed by atoms with Crippen molar-refractivity contribution in [1.29, 1.82) is 0 Å². The number of ether oxygens (including phenoxy) is 1. The molecule has 0 aromatic heterocycles. The fourth-order valence-corrected chi connectivity index (χ4v) is 3.49. The van der Waals surface area contributed by atoms with E-state index < -0.39 is 0 Å². The molecule has 0 aliphatic carbocycles. The summed E-state index contributed by atoms with van der Waals surface area (Å²) in [5.41, 5.74) is 2.80. The second kappa shape index (κ2) is 7.60. The van der Waals surface area contributed by atoms with Crippen molar-refractivity contribution < 1.29 is 4.74 Å². The number of methoxy groups -OCH3 is 1. The molecule has 1 N–H and O–H groups in total. The molecule has 0 bridgehead atoms. The highest BCUT2D eigenvalue weighted by molar-refractivity contribution is 7.80. The maximum atomic E-state index is 6.36. The van der Waals surface area contributed by atoms with Gasteiger partial charge in [-0.05, 0) is 42.0 Å². The summed E-state index contributed by atoms with van der Waals surface area (Å²) in [6, 6.07) is 13.3. The van der Waals surface area contributed by atoms with Crippen molar-refractivity contribution in [1.82, 2.24) is 10.3 Å². The Kier molecular flexibility index (Phi) is 5.47. The number of rotatable bonds is 3. The minimum atomic E-state index is -0.0307. The first-order chi connectivity index (χ1) is 12.0. The first-order valence-electron chi connectivity index (χ1n) is 7.71. The average Bonchev–Trinajstić information content (AvgIpc) is 3.06. The molecule has 1 aliphatic rings. The van der Waals surface area contributed by atoms with E-state index >= 15 is 0 Å². The van der Waals surface area contributed by atoms with Crippen LogP contribution in [0.1, 0.15) is 23.6 Å². The zero-order chi connectivity index (χ0) is 18.0. The Labute approximate surface area is 162 Å². The highest BCUT2D eigenvalue weighted by Gasteiger charge is 2.32. The highest BCUT2D eigenvalue weighted by Crippen LogP contribution is 2.36. The molecule has 2 aromatic rings. The van der Waals surface area contributed by atoms with Crippen LogP contribution in [0.25, 0.3) is 0 Å². The van der Waals surface area contributed by atoms with Crippen LogP contribution in [-0.4, -0.2) is 30.0 Å². The Morgan fingerprint density at radius 2 is 2.08 bits per heavy atom. The van der Waals surface area contributed by atoms with Gasteiger partial charge in [0.05, 0.1) is 23.9 Å². The van der Waals surface area contributed by atoms with Gasteiger partial charge in [0.25, 0.3) is 0 Å². The Balaban J connectivity index is 1.99. The van der Waals surface area contributed by atoms with E-state index in [1.165, 1.54) is 0 Å². The second-order valence-electron chi connectivity index (χ2n) is 5.57. The molecule has 7 heteroatoms. The van der Waals surface area contributed by atoms with E-state index in [0.29, 0.717) is 21.6 Å². The van der Waals surface area contributed by atoms with Crippen molar-refractivity contribution in [2.75, 3.05) is 14.2 Å². The van der Waals surface area contributed by atoms with E-state index in [2.05, 4.69) is 5.32 Å². The van der Waals surface area contributed by atoms with E-state index in [1.807, 2.05) is 41.4 Å². The van der Waals surface area contributed by atoms with Crippen molar-refractivity contribution in [2.24, 2.45) is 5.10 Å². The van der Waals surface area contributed by atoms with Gasteiger partial charge in [0.2, 0.25) is 0 Å². The van der Waals surface area contributed by atoms with Crippen LogP contribution in [0.4, 0.5) is 0 Å². The van der Waals surface area contributed by atoms with Crippen molar-refractivity contribution in [3.63, 3.8) is 0 Å². The molecule has 1 aliphatic heterocycles. The summed E-state index contributed by atoms with van der Waals surface area (Å²) in [6.45, 7) is 0. The maximum absolute atomic E-state index is 6.36. The highest BCUT2D eigenvalue weighted by atomic mass is 35.5. The number of benzene rings is 2. The average molecular weight is 394 g/mol. The minimum absolute atomic E-state index is 0.0307. The first-order valence-corrected chi connectivity index (χ1v) is 8.87. The molecule has 0 unspecified atom stereocenters. The third kappa shape index (κ3) is 3.73. The molecular formula is C18H17Cl2N3OS. The Hall–Kier alpha value is -1.82. The van der Waals surface area contributed by atoms with Crippen molar-refractivity contribution in [3.05, 3.63) is 63.6 Å². The lowest BCUT2D eigenvalue weighted by Gasteiger charge is -2.24. The summed E-state index contributed by atoms with van der Waals surface area (Å²) < 4.78 is 5.34. The van der Waals surface area contributed by atoms with E-state index in [0.717, 1.165) is 22.6 Å². The molecule has 0 radical (unpaired) electrons. The summed E-state index contributed by atoms with van der Waals surface area (Å²) in [5, 5.41) is 11.2. The molecular weight excluding hydrogens is 377 g/mol. The van der Waals surface area contributed by atoms with Gasteiger partial charge >= 0.3 is 0 Å². The maximum Gasteiger partial charge on any atom is 0.189 e. The summed E-state index contributed by atoms with van der Waals surface area (Å²) in [6.07, 6.45) is 0.677. The summed E-state index contributed by atoms with van der Waals surface area (Å²) in [4.78, 5) is 0. The number of hydrogen-bond donors (Lipinski definition) is 1. The van der Waals surface area contributed by atoms with Crippen LogP contribution in [-0.2, 0) is 0 Å².